The maximum absolute atomic E-state index is 12.9. The third kappa shape index (κ3) is 4.92. The van der Waals surface area contributed by atoms with Crippen LogP contribution in [-0.4, -0.2) is 40.0 Å². The van der Waals surface area contributed by atoms with E-state index >= 15 is 0 Å². The first-order chi connectivity index (χ1) is 16.4. The van der Waals surface area contributed by atoms with Crippen molar-refractivity contribution in [2.24, 2.45) is 11.8 Å². The molecule has 0 saturated carbocycles. The number of fused-ring (bicyclic) bond motifs is 3. The van der Waals surface area contributed by atoms with Crippen LogP contribution in [0.1, 0.15) is 44.7 Å². The molecule has 1 aromatic heterocycles. The lowest BCUT2D eigenvalue weighted by Crippen LogP contribution is -3.20. The summed E-state index contributed by atoms with van der Waals surface area (Å²) in [6.45, 7) is 10.2. The highest BCUT2D eigenvalue weighted by molar-refractivity contribution is 5.79. The molecule has 34 heavy (non-hydrogen) atoms. The van der Waals surface area contributed by atoms with E-state index < -0.39 is 0 Å². The number of aromatic nitrogens is 3. The van der Waals surface area contributed by atoms with E-state index in [0.717, 1.165) is 49.3 Å². The van der Waals surface area contributed by atoms with Crippen LogP contribution < -0.4 is 10.2 Å². The smallest absolute Gasteiger partial charge is 0.229 e. The lowest BCUT2D eigenvalue weighted by molar-refractivity contribution is -0.945. The highest BCUT2D eigenvalue weighted by Gasteiger charge is 2.46. The van der Waals surface area contributed by atoms with Gasteiger partial charge in [-0.25, -0.2) is 4.68 Å². The Morgan fingerprint density at radius 3 is 2.56 bits per heavy atom. The van der Waals surface area contributed by atoms with Gasteiger partial charge >= 0.3 is 0 Å². The first-order valence-corrected chi connectivity index (χ1v) is 12.5. The van der Waals surface area contributed by atoms with Crippen molar-refractivity contribution in [1.82, 2.24) is 20.3 Å². The summed E-state index contributed by atoms with van der Waals surface area (Å²) in [7, 11) is 0. The number of piperidine rings is 3. The van der Waals surface area contributed by atoms with E-state index in [-0.39, 0.29) is 17.2 Å². The molecule has 178 valence electrons. The van der Waals surface area contributed by atoms with Crippen LogP contribution >= 0.6 is 0 Å². The van der Waals surface area contributed by atoms with Crippen LogP contribution in [-0.2, 0) is 23.3 Å². The Labute approximate surface area is 202 Å². The largest absolute Gasteiger partial charge is 0.352 e. The molecule has 0 radical (unpaired) electrons. The number of rotatable bonds is 6. The van der Waals surface area contributed by atoms with E-state index in [2.05, 4.69) is 79.0 Å². The highest BCUT2D eigenvalue weighted by atomic mass is 16.1. The number of carbonyl (C=O) groups is 1. The molecular weight excluding hydrogens is 422 g/mol. The third-order valence-corrected chi connectivity index (χ3v) is 7.69. The van der Waals surface area contributed by atoms with Crippen LogP contribution in [0.15, 0.2) is 60.8 Å². The summed E-state index contributed by atoms with van der Waals surface area (Å²) in [6.07, 6.45) is 4.28. The number of benzene rings is 2. The molecule has 1 amide bonds. The molecule has 4 heterocycles. The third-order valence-electron chi connectivity index (χ3n) is 7.69. The molecule has 6 nitrogen and oxygen atoms in total. The van der Waals surface area contributed by atoms with Crippen LogP contribution in [0, 0.1) is 11.8 Å². The normalized spacial score (nSPS) is 24.2. The Morgan fingerprint density at radius 2 is 1.88 bits per heavy atom. The summed E-state index contributed by atoms with van der Waals surface area (Å²) in [5.41, 5.74) is 4.64. The molecule has 2 aromatic carbocycles. The number of quaternary nitrogens is 1. The first kappa shape index (κ1) is 22.8. The van der Waals surface area contributed by atoms with Crippen molar-refractivity contribution in [1.29, 1.82) is 0 Å². The second kappa shape index (κ2) is 9.34. The molecule has 3 fully saturated rings. The van der Waals surface area contributed by atoms with Gasteiger partial charge in [0.05, 0.1) is 31.7 Å². The van der Waals surface area contributed by atoms with Gasteiger partial charge in [0, 0.05) is 24.9 Å². The van der Waals surface area contributed by atoms with Gasteiger partial charge in [-0.2, -0.15) is 0 Å². The molecule has 2 bridgehead atoms. The van der Waals surface area contributed by atoms with Crippen molar-refractivity contribution in [3.63, 3.8) is 0 Å². The molecular formula is C28H36N5O+. The van der Waals surface area contributed by atoms with Crippen LogP contribution in [0.2, 0.25) is 0 Å². The summed E-state index contributed by atoms with van der Waals surface area (Å²) >= 11 is 0. The molecule has 6 heteroatoms. The summed E-state index contributed by atoms with van der Waals surface area (Å²) in [4.78, 5) is 14.5. The number of amides is 1. The average molecular weight is 459 g/mol. The summed E-state index contributed by atoms with van der Waals surface area (Å²) in [5.74, 6) is 0.800. The monoisotopic (exact) mass is 458 g/mol. The van der Waals surface area contributed by atoms with Crippen LogP contribution in [0.25, 0.3) is 11.3 Å². The van der Waals surface area contributed by atoms with E-state index in [4.69, 9.17) is 0 Å². The Morgan fingerprint density at radius 1 is 1.12 bits per heavy atom. The molecule has 0 spiro atoms. The predicted molar refractivity (Wildman–Crippen MR) is 133 cm³/mol. The molecule has 3 aromatic rings. The zero-order chi connectivity index (χ0) is 23.7. The van der Waals surface area contributed by atoms with Crippen LogP contribution in [0.5, 0.6) is 0 Å². The van der Waals surface area contributed by atoms with E-state index in [0.29, 0.717) is 18.5 Å². The minimum atomic E-state index is 0.122. The highest BCUT2D eigenvalue weighted by Crippen LogP contribution is 2.28. The van der Waals surface area contributed by atoms with Crippen molar-refractivity contribution in [3.8, 4) is 11.3 Å². The topological polar surface area (TPSA) is 64.2 Å². The molecule has 6 rings (SSSR count). The SMILES string of the molecule is CC(C)(C)c1ccc(-c2cn(C[C@H]3C[C@H]4CC[NH+]3C[C@@H]4C(=O)NCc3ccccc3)nn2)cc1. The Hall–Kier alpha value is -2.99. The molecule has 3 saturated heterocycles. The van der Waals surface area contributed by atoms with Gasteiger partial charge in [-0.05, 0) is 22.5 Å². The van der Waals surface area contributed by atoms with E-state index in [9.17, 15) is 4.79 Å². The Balaban J connectivity index is 1.18. The van der Waals surface area contributed by atoms with Crippen molar-refractivity contribution >= 4 is 5.91 Å². The quantitative estimate of drug-likeness (QED) is 0.597. The summed E-state index contributed by atoms with van der Waals surface area (Å²) < 4.78 is 2.00. The minimum Gasteiger partial charge on any atom is -0.352 e. The van der Waals surface area contributed by atoms with Gasteiger partial charge in [0.2, 0.25) is 5.91 Å². The van der Waals surface area contributed by atoms with Crippen LogP contribution in [0.3, 0.4) is 0 Å². The van der Waals surface area contributed by atoms with Gasteiger partial charge in [0.25, 0.3) is 0 Å². The van der Waals surface area contributed by atoms with Gasteiger partial charge in [-0.15, -0.1) is 5.10 Å². The van der Waals surface area contributed by atoms with Crippen molar-refractivity contribution in [2.45, 2.75) is 58.2 Å². The minimum absolute atomic E-state index is 0.122. The maximum Gasteiger partial charge on any atom is 0.229 e. The standard InChI is InChI=1S/C28H35N5O/c1-28(2,3)23-11-9-21(10-12-23)26-19-33(31-30-26)17-24-15-22-13-14-32(24)18-25(22)27(34)29-16-20-7-5-4-6-8-20/h4-12,19,22,24-25H,13-18H2,1-3H3,(H,29,34)/p+1/t22-,24-,25+/m1/s1. The fourth-order valence-electron chi connectivity index (χ4n) is 5.62. The van der Waals surface area contributed by atoms with Gasteiger partial charge in [0.15, 0.2) is 0 Å². The lowest BCUT2D eigenvalue weighted by Gasteiger charge is -2.46. The zero-order valence-corrected chi connectivity index (χ0v) is 20.5. The van der Waals surface area contributed by atoms with Crippen LogP contribution in [0.4, 0.5) is 0 Å². The van der Waals surface area contributed by atoms with Gasteiger partial charge in [0.1, 0.15) is 11.7 Å². The van der Waals surface area contributed by atoms with Crippen molar-refractivity contribution in [2.75, 3.05) is 13.1 Å². The zero-order valence-electron chi connectivity index (χ0n) is 20.5. The van der Waals surface area contributed by atoms with Gasteiger partial charge < -0.3 is 10.2 Å². The number of carbonyl (C=O) groups excluding carboxylic acids is 1. The average Bonchev–Trinajstić information content (AvgIpc) is 3.31. The first-order valence-electron chi connectivity index (χ1n) is 12.5. The molecule has 2 N–H and O–H groups in total. The number of hydrogen-bond acceptors (Lipinski definition) is 3. The van der Waals surface area contributed by atoms with Gasteiger partial charge in [-0.3, -0.25) is 4.79 Å². The number of hydrogen-bond donors (Lipinski definition) is 2. The van der Waals surface area contributed by atoms with Gasteiger partial charge in [-0.1, -0.05) is 80.6 Å². The number of nitrogens with zero attached hydrogens (tertiary/aromatic N) is 3. The second-order valence-corrected chi connectivity index (χ2v) is 11.1. The second-order valence-electron chi connectivity index (χ2n) is 11.1. The fourth-order valence-corrected chi connectivity index (χ4v) is 5.62. The van der Waals surface area contributed by atoms with E-state index in [1.165, 1.54) is 10.5 Å². The maximum atomic E-state index is 12.9. The predicted octanol–water partition coefficient (Wildman–Crippen LogP) is 2.85. The van der Waals surface area contributed by atoms with E-state index in [1.807, 2.05) is 22.9 Å². The van der Waals surface area contributed by atoms with Crippen molar-refractivity contribution in [3.05, 3.63) is 71.9 Å². The lowest BCUT2D eigenvalue weighted by atomic mass is 9.75. The Kier molecular flexibility index (Phi) is 6.26. The summed E-state index contributed by atoms with van der Waals surface area (Å²) in [5, 5.41) is 12.0. The molecule has 1 unspecified atom stereocenters. The molecule has 4 atom stereocenters. The molecule has 0 aliphatic carbocycles. The summed E-state index contributed by atoms with van der Waals surface area (Å²) in [6, 6.07) is 19.3. The molecule has 3 aliphatic heterocycles. The number of nitrogens with one attached hydrogen (secondary N) is 2. The molecule has 3 aliphatic rings. The van der Waals surface area contributed by atoms with Crippen molar-refractivity contribution < 1.29 is 9.69 Å². The Bertz CT molecular complexity index is 1120. The fraction of sp³-hybridized carbons (Fsp3) is 0.464. The van der Waals surface area contributed by atoms with E-state index in [1.54, 1.807) is 0 Å².